The normalized spacial score (nSPS) is 36.2. The summed E-state index contributed by atoms with van der Waals surface area (Å²) < 4.78 is 16.4. The van der Waals surface area contributed by atoms with E-state index in [0.29, 0.717) is 13.2 Å². The highest BCUT2D eigenvalue weighted by atomic mass is 16.7. The molecule has 2 fully saturated rings. The van der Waals surface area contributed by atoms with Crippen LogP contribution >= 0.6 is 0 Å². The average Bonchev–Trinajstić information content (AvgIpc) is 2.23. The number of aliphatic hydroxyl groups is 1. The maximum absolute atomic E-state index is 9.05. The number of hydrogen-bond acceptors (Lipinski definition) is 4. The van der Waals surface area contributed by atoms with Gasteiger partial charge in [-0.05, 0) is 32.1 Å². The van der Waals surface area contributed by atoms with Crippen LogP contribution in [0.5, 0.6) is 0 Å². The summed E-state index contributed by atoms with van der Waals surface area (Å²) >= 11 is 0. The molecule has 15 heavy (non-hydrogen) atoms. The minimum atomic E-state index is -0.141. The van der Waals surface area contributed by atoms with E-state index in [1.54, 1.807) is 0 Å². The molecule has 1 saturated heterocycles. The Balaban J connectivity index is 1.44. The molecular formula is C11H20O4. The van der Waals surface area contributed by atoms with E-state index in [-0.39, 0.29) is 18.5 Å². The molecule has 1 N–H and O–H groups in total. The zero-order valence-corrected chi connectivity index (χ0v) is 9.06. The molecule has 4 heteroatoms. The van der Waals surface area contributed by atoms with Crippen molar-refractivity contribution < 1.29 is 19.3 Å². The number of aliphatic hydroxyl groups excluding tert-OH is 1. The summed E-state index contributed by atoms with van der Waals surface area (Å²) in [6, 6.07) is 0. The van der Waals surface area contributed by atoms with Gasteiger partial charge in [-0.25, -0.2) is 0 Å². The van der Waals surface area contributed by atoms with E-state index < -0.39 is 0 Å². The maximum atomic E-state index is 9.05. The van der Waals surface area contributed by atoms with Crippen LogP contribution in [-0.4, -0.2) is 43.4 Å². The van der Waals surface area contributed by atoms with Crippen LogP contribution in [0.2, 0.25) is 0 Å². The summed E-state index contributed by atoms with van der Waals surface area (Å²) in [6.45, 7) is 2.02. The van der Waals surface area contributed by atoms with E-state index >= 15 is 0 Å². The van der Waals surface area contributed by atoms with Gasteiger partial charge in [-0.1, -0.05) is 0 Å². The largest absolute Gasteiger partial charge is 0.393 e. The van der Waals surface area contributed by atoms with Gasteiger partial charge in [0, 0.05) is 6.61 Å². The molecule has 0 bridgehead atoms. The fourth-order valence-corrected chi connectivity index (χ4v) is 1.91. The summed E-state index contributed by atoms with van der Waals surface area (Å²) in [5.41, 5.74) is 0. The van der Waals surface area contributed by atoms with Gasteiger partial charge >= 0.3 is 0 Å². The average molecular weight is 216 g/mol. The molecule has 88 valence electrons. The van der Waals surface area contributed by atoms with E-state index in [2.05, 4.69) is 0 Å². The van der Waals surface area contributed by atoms with Crippen LogP contribution < -0.4 is 0 Å². The van der Waals surface area contributed by atoms with Crippen molar-refractivity contribution in [1.29, 1.82) is 0 Å². The van der Waals surface area contributed by atoms with E-state index in [9.17, 15) is 0 Å². The van der Waals surface area contributed by atoms with Crippen LogP contribution in [-0.2, 0) is 14.2 Å². The molecule has 0 spiro atoms. The van der Waals surface area contributed by atoms with Crippen molar-refractivity contribution in [3.63, 3.8) is 0 Å². The number of hydrogen-bond donors (Lipinski definition) is 1. The van der Waals surface area contributed by atoms with Crippen LogP contribution in [0.15, 0.2) is 0 Å². The Hall–Kier alpha value is -0.160. The quantitative estimate of drug-likeness (QED) is 0.698. The molecular weight excluding hydrogens is 196 g/mol. The number of rotatable bonds is 5. The minimum Gasteiger partial charge on any atom is -0.393 e. The van der Waals surface area contributed by atoms with Crippen LogP contribution in [0.3, 0.4) is 0 Å². The summed E-state index contributed by atoms with van der Waals surface area (Å²) in [6.07, 6.45) is 4.99. The topological polar surface area (TPSA) is 47.9 Å². The molecule has 2 aliphatic rings. The molecule has 4 nitrogen and oxygen atoms in total. The second kappa shape index (κ2) is 5.80. The third-order valence-corrected chi connectivity index (χ3v) is 2.95. The van der Waals surface area contributed by atoms with Crippen molar-refractivity contribution in [1.82, 2.24) is 0 Å². The van der Waals surface area contributed by atoms with E-state index in [1.165, 1.54) is 6.42 Å². The lowest BCUT2D eigenvalue weighted by Gasteiger charge is -2.31. The summed E-state index contributed by atoms with van der Waals surface area (Å²) in [5.74, 6) is 0. The van der Waals surface area contributed by atoms with Crippen molar-refractivity contribution in [2.75, 3.05) is 19.8 Å². The van der Waals surface area contributed by atoms with E-state index in [0.717, 1.165) is 32.3 Å². The van der Waals surface area contributed by atoms with Crippen molar-refractivity contribution in [2.24, 2.45) is 0 Å². The summed E-state index contributed by atoms with van der Waals surface area (Å²) in [4.78, 5) is 0. The second-order valence-electron chi connectivity index (χ2n) is 4.28. The molecule has 0 amide bonds. The molecule has 0 aromatic carbocycles. The third kappa shape index (κ3) is 3.72. The molecule has 1 aliphatic heterocycles. The Morgan fingerprint density at radius 3 is 2.60 bits per heavy atom. The van der Waals surface area contributed by atoms with Crippen LogP contribution in [0.25, 0.3) is 0 Å². The molecule has 1 atom stereocenters. The lowest BCUT2D eigenvalue weighted by Crippen LogP contribution is -2.36. The van der Waals surface area contributed by atoms with Crippen LogP contribution in [0, 0.1) is 0 Å². The Morgan fingerprint density at radius 1 is 1.13 bits per heavy atom. The van der Waals surface area contributed by atoms with Gasteiger partial charge in [-0.15, -0.1) is 0 Å². The first-order chi connectivity index (χ1) is 7.34. The first-order valence-corrected chi connectivity index (χ1v) is 5.87. The van der Waals surface area contributed by atoms with Crippen LogP contribution in [0.4, 0.5) is 0 Å². The van der Waals surface area contributed by atoms with E-state index in [1.807, 2.05) is 0 Å². The highest BCUT2D eigenvalue weighted by molar-refractivity contribution is 4.78. The molecule has 0 radical (unpaired) electrons. The summed E-state index contributed by atoms with van der Waals surface area (Å²) in [7, 11) is 0. The number of ether oxygens (including phenoxy) is 3. The zero-order valence-electron chi connectivity index (χ0n) is 9.06. The minimum absolute atomic E-state index is 0.0191. The fourth-order valence-electron chi connectivity index (χ4n) is 1.91. The van der Waals surface area contributed by atoms with Crippen LogP contribution in [0.1, 0.15) is 32.1 Å². The lowest BCUT2D eigenvalue weighted by atomic mass is 9.92. The predicted octanol–water partition coefficient (Wildman–Crippen LogP) is 1.07. The fraction of sp³-hybridized carbons (Fsp3) is 1.00. The van der Waals surface area contributed by atoms with Crippen molar-refractivity contribution in [3.05, 3.63) is 0 Å². The first kappa shape index (κ1) is 11.3. The molecule has 1 unspecified atom stereocenters. The molecule has 1 aliphatic carbocycles. The van der Waals surface area contributed by atoms with Crippen molar-refractivity contribution >= 4 is 0 Å². The molecule has 0 aromatic rings. The van der Waals surface area contributed by atoms with Gasteiger partial charge in [0.25, 0.3) is 0 Å². The molecule has 1 saturated carbocycles. The smallest absolute Gasteiger partial charge is 0.157 e. The highest BCUT2D eigenvalue weighted by Gasteiger charge is 2.27. The van der Waals surface area contributed by atoms with Gasteiger partial charge in [0.15, 0.2) is 6.29 Å². The Kier molecular flexibility index (Phi) is 4.38. The van der Waals surface area contributed by atoms with Crippen molar-refractivity contribution in [3.8, 4) is 0 Å². The van der Waals surface area contributed by atoms with Gasteiger partial charge in [0.2, 0.25) is 0 Å². The Bertz CT molecular complexity index is 173. The zero-order chi connectivity index (χ0) is 10.5. The molecule has 0 aromatic heterocycles. The van der Waals surface area contributed by atoms with E-state index in [4.69, 9.17) is 19.3 Å². The summed E-state index contributed by atoms with van der Waals surface area (Å²) in [5, 5.41) is 9.05. The Labute approximate surface area is 90.5 Å². The predicted molar refractivity (Wildman–Crippen MR) is 54.5 cm³/mol. The van der Waals surface area contributed by atoms with Gasteiger partial charge in [-0.2, -0.15) is 0 Å². The van der Waals surface area contributed by atoms with Gasteiger partial charge in [0.05, 0.1) is 25.4 Å². The van der Waals surface area contributed by atoms with Gasteiger partial charge in [-0.3, -0.25) is 0 Å². The maximum Gasteiger partial charge on any atom is 0.157 e. The standard InChI is InChI=1S/C11H20O4/c12-9-7-10(8-9)13-5-6-15-11-3-1-2-4-14-11/h9-12H,1-8H2/t9-,10-,11?. The SMILES string of the molecule is O[C@H]1C[C@H](OCCOC2CCCCO2)C1. The van der Waals surface area contributed by atoms with Crippen molar-refractivity contribution in [2.45, 2.75) is 50.6 Å². The molecule has 1 heterocycles. The third-order valence-electron chi connectivity index (χ3n) is 2.95. The second-order valence-corrected chi connectivity index (χ2v) is 4.28. The first-order valence-electron chi connectivity index (χ1n) is 5.87. The molecule has 2 rings (SSSR count). The lowest BCUT2D eigenvalue weighted by molar-refractivity contribution is -0.176. The monoisotopic (exact) mass is 216 g/mol. The van der Waals surface area contributed by atoms with Gasteiger partial charge in [0.1, 0.15) is 0 Å². The Morgan fingerprint density at radius 2 is 1.93 bits per heavy atom. The van der Waals surface area contributed by atoms with Gasteiger partial charge < -0.3 is 19.3 Å². The highest BCUT2D eigenvalue weighted by Crippen LogP contribution is 2.22.